The maximum absolute atomic E-state index is 13.0. The van der Waals surface area contributed by atoms with Crippen molar-refractivity contribution in [1.82, 2.24) is 15.0 Å². The maximum atomic E-state index is 13.0. The summed E-state index contributed by atoms with van der Waals surface area (Å²) in [5, 5.41) is 18.3. The second-order valence-corrected chi connectivity index (χ2v) is 6.10. The lowest BCUT2D eigenvalue weighted by molar-refractivity contribution is 0.311. The highest BCUT2D eigenvalue weighted by atomic mass is 19.1. The van der Waals surface area contributed by atoms with Crippen LogP contribution in [0, 0.1) is 5.82 Å². The van der Waals surface area contributed by atoms with Crippen molar-refractivity contribution in [3.8, 4) is 0 Å². The molecule has 0 aliphatic rings. The number of halogens is 1. The molecule has 0 spiro atoms. The molecule has 0 bridgehead atoms. The highest BCUT2D eigenvalue weighted by molar-refractivity contribution is 5.42. The Balaban J connectivity index is 1.64. The molecule has 8 heteroatoms. The summed E-state index contributed by atoms with van der Waals surface area (Å²) in [6.45, 7) is 1.43. The van der Waals surface area contributed by atoms with Gasteiger partial charge in [-0.25, -0.2) is 4.39 Å². The van der Waals surface area contributed by atoms with Crippen LogP contribution in [0.5, 0.6) is 0 Å². The quantitative estimate of drug-likeness (QED) is 0.428. The Kier molecular flexibility index (Phi) is 7.08. The number of hydrogen-bond donors (Lipinski definition) is 4. The average Bonchev–Trinajstić information content (AvgIpc) is 2.72. The summed E-state index contributed by atoms with van der Waals surface area (Å²) in [7, 11) is 0. The van der Waals surface area contributed by atoms with Gasteiger partial charge in [0.25, 0.3) is 0 Å². The number of aliphatic hydroxyl groups excluding tert-OH is 1. The zero-order valence-corrected chi connectivity index (χ0v) is 15.4. The molecular formula is C20H23FN6O. The largest absolute Gasteiger partial charge is 0.395 e. The van der Waals surface area contributed by atoms with Gasteiger partial charge in [-0.3, -0.25) is 0 Å². The Hall–Kier alpha value is -3.26. The Labute approximate surface area is 163 Å². The molecule has 1 aromatic heterocycles. The number of nitrogens with one attached hydrogen (secondary N) is 3. The van der Waals surface area contributed by atoms with Gasteiger partial charge in [0.1, 0.15) is 5.82 Å². The van der Waals surface area contributed by atoms with E-state index in [0.29, 0.717) is 37.5 Å². The third-order valence-electron chi connectivity index (χ3n) is 3.93. The minimum Gasteiger partial charge on any atom is -0.395 e. The predicted molar refractivity (Wildman–Crippen MR) is 108 cm³/mol. The van der Waals surface area contributed by atoms with Gasteiger partial charge in [0.2, 0.25) is 17.8 Å². The highest BCUT2D eigenvalue weighted by Crippen LogP contribution is 2.11. The molecule has 0 fully saturated rings. The molecule has 4 N–H and O–H groups in total. The summed E-state index contributed by atoms with van der Waals surface area (Å²) in [6.07, 6.45) is 0.838. The van der Waals surface area contributed by atoms with Gasteiger partial charge in [-0.1, -0.05) is 42.5 Å². The third-order valence-corrected chi connectivity index (χ3v) is 3.93. The van der Waals surface area contributed by atoms with Crippen molar-refractivity contribution in [2.24, 2.45) is 0 Å². The fourth-order valence-corrected chi connectivity index (χ4v) is 2.53. The molecule has 0 amide bonds. The van der Waals surface area contributed by atoms with E-state index in [4.69, 9.17) is 5.11 Å². The van der Waals surface area contributed by atoms with E-state index in [9.17, 15) is 4.39 Å². The standard InChI is InChI=1S/C20H23FN6O/c21-17-8-6-16(7-9-17)14-24-20-26-18(25-19(27-20)23-12-13-28)22-11-10-15-4-2-1-3-5-15/h1-9,28H,10-14H2,(H3,22,23,24,25,26,27). The molecule has 3 rings (SSSR count). The number of aromatic nitrogens is 3. The van der Waals surface area contributed by atoms with Gasteiger partial charge in [-0.15, -0.1) is 0 Å². The summed E-state index contributed by atoms with van der Waals surface area (Å²) < 4.78 is 13.0. The predicted octanol–water partition coefficient (Wildman–Crippen LogP) is 2.68. The van der Waals surface area contributed by atoms with E-state index < -0.39 is 0 Å². The van der Waals surface area contributed by atoms with Gasteiger partial charge < -0.3 is 21.1 Å². The minimum atomic E-state index is -0.274. The molecule has 0 atom stereocenters. The van der Waals surface area contributed by atoms with Crippen LogP contribution < -0.4 is 16.0 Å². The number of nitrogens with zero attached hydrogens (tertiary/aromatic N) is 3. The van der Waals surface area contributed by atoms with Crippen LogP contribution in [0.2, 0.25) is 0 Å². The third kappa shape index (κ3) is 6.17. The molecule has 0 aliphatic carbocycles. The normalized spacial score (nSPS) is 10.5. The topological polar surface area (TPSA) is 95.0 Å². The smallest absolute Gasteiger partial charge is 0.229 e. The van der Waals surface area contributed by atoms with Crippen LogP contribution in [0.3, 0.4) is 0 Å². The summed E-state index contributed by atoms with van der Waals surface area (Å²) >= 11 is 0. The SMILES string of the molecule is OCCNc1nc(NCCc2ccccc2)nc(NCc2ccc(F)cc2)n1. The van der Waals surface area contributed by atoms with E-state index >= 15 is 0 Å². The van der Waals surface area contributed by atoms with E-state index in [1.807, 2.05) is 18.2 Å². The molecule has 7 nitrogen and oxygen atoms in total. The first-order chi connectivity index (χ1) is 13.7. The first-order valence-electron chi connectivity index (χ1n) is 9.10. The van der Waals surface area contributed by atoms with Gasteiger partial charge in [-0.2, -0.15) is 15.0 Å². The van der Waals surface area contributed by atoms with Crippen molar-refractivity contribution in [2.45, 2.75) is 13.0 Å². The lowest BCUT2D eigenvalue weighted by atomic mass is 10.1. The molecule has 2 aromatic carbocycles. The first kappa shape index (κ1) is 19.5. The van der Waals surface area contributed by atoms with Crippen LogP contribution in [-0.2, 0) is 13.0 Å². The minimum absolute atomic E-state index is 0.0270. The number of benzene rings is 2. The molecule has 0 unspecified atom stereocenters. The lowest BCUT2D eigenvalue weighted by Gasteiger charge is -2.11. The molecule has 0 radical (unpaired) electrons. The van der Waals surface area contributed by atoms with Crippen molar-refractivity contribution < 1.29 is 9.50 Å². The van der Waals surface area contributed by atoms with E-state index in [-0.39, 0.29) is 12.4 Å². The Morgan fingerprint density at radius 1 is 0.714 bits per heavy atom. The maximum Gasteiger partial charge on any atom is 0.229 e. The number of hydrogen-bond acceptors (Lipinski definition) is 7. The lowest BCUT2D eigenvalue weighted by Crippen LogP contribution is -2.15. The van der Waals surface area contributed by atoms with Crippen molar-refractivity contribution in [1.29, 1.82) is 0 Å². The van der Waals surface area contributed by atoms with Crippen molar-refractivity contribution in [3.05, 3.63) is 71.5 Å². The van der Waals surface area contributed by atoms with E-state index in [1.54, 1.807) is 12.1 Å². The van der Waals surface area contributed by atoms with E-state index in [2.05, 4.69) is 43.0 Å². The molecule has 3 aromatic rings. The fourth-order valence-electron chi connectivity index (χ4n) is 2.53. The fraction of sp³-hybridized carbons (Fsp3) is 0.250. The summed E-state index contributed by atoms with van der Waals surface area (Å²) in [5.41, 5.74) is 2.13. The second-order valence-electron chi connectivity index (χ2n) is 6.10. The van der Waals surface area contributed by atoms with Crippen molar-refractivity contribution in [2.75, 3.05) is 35.6 Å². The highest BCUT2D eigenvalue weighted by Gasteiger charge is 2.07. The van der Waals surface area contributed by atoms with Crippen LogP contribution in [0.4, 0.5) is 22.2 Å². The average molecular weight is 382 g/mol. The Morgan fingerprint density at radius 2 is 1.32 bits per heavy atom. The summed E-state index contributed by atoms with van der Waals surface area (Å²) in [4.78, 5) is 13.0. The molecular weight excluding hydrogens is 359 g/mol. The molecule has 28 heavy (non-hydrogen) atoms. The van der Waals surface area contributed by atoms with Crippen LogP contribution in [0.25, 0.3) is 0 Å². The molecule has 0 saturated heterocycles. The van der Waals surface area contributed by atoms with Gasteiger partial charge in [0.15, 0.2) is 0 Å². The Bertz CT molecular complexity index is 860. The summed E-state index contributed by atoms with van der Waals surface area (Å²) in [5.74, 6) is 0.923. The molecule has 1 heterocycles. The van der Waals surface area contributed by atoms with E-state index in [0.717, 1.165) is 12.0 Å². The summed E-state index contributed by atoms with van der Waals surface area (Å²) in [6, 6.07) is 16.4. The second kappa shape index (κ2) is 10.2. The van der Waals surface area contributed by atoms with Crippen LogP contribution >= 0.6 is 0 Å². The molecule has 146 valence electrons. The van der Waals surface area contributed by atoms with Crippen LogP contribution in [-0.4, -0.2) is 39.8 Å². The van der Waals surface area contributed by atoms with Gasteiger partial charge in [0, 0.05) is 19.6 Å². The van der Waals surface area contributed by atoms with Crippen LogP contribution in [0.1, 0.15) is 11.1 Å². The first-order valence-corrected chi connectivity index (χ1v) is 9.10. The van der Waals surface area contributed by atoms with Gasteiger partial charge in [0.05, 0.1) is 6.61 Å². The zero-order valence-electron chi connectivity index (χ0n) is 15.4. The molecule has 0 saturated carbocycles. The van der Waals surface area contributed by atoms with Crippen molar-refractivity contribution >= 4 is 17.8 Å². The monoisotopic (exact) mass is 382 g/mol. The van der Waals surface area contributed by atoms with Gasteiger partial charge in [-0.05, 0) is 29.7 Å². The van der Waals surface area contributed by atoms with Crippen LogP contribution in [0.15, 0.2) is 54.6 Å². The number of rotatable bonds is 10. The van der Waals surface area contributed by atoms with E-state index in [1.165, 1.54) is 17.7 Å². The zero-order chi connectivity index (χ0) is 19.6. The number of aliphatic hydroxyl groups is 1. The molecule has 0 aliphatic heterocycles. The van der Waals surface area contributed by atoms with Crippen molar-refractivity contribution in [3.63, 3.8) is 0 Å². The Morgan fingerprint density at radius 3 is 1.96 bits per heavy atom. The van der Waals surface area contributed by atoms with Gasteiger partial charge >= 0.3 is 0 Å². The number of anilines is 3.